The van der Waals surface area contributed by atoms with Crippen LogP contribution in [0.25, 0.3) is 11.1 Å². The number of hydrogen-bond acceptors (Lipinski definition) is 2. The molecule has 3 nitrogen and oxygen atoms in total. The van der Waals surface area contributed by atoms with Gasteiger partial charge in [-0.15, -0.1) is 0 Å². The smallest absolute Gasteiger partial charge is 0.282 e. The SMILES string of the molecule is O=S(=O)(O)c1cccc(Cl)c1-c1ccccc1Cl. The lowest BCUT2D eigenvalue weighted by Crippen LogP contribution is -2.01. The van der Waals surface area contributed by atoms with Crippen LogP contribution >= 0.6 is 23.2 Å². The van der Waals surface area contributed by atoms with Gasteiger partial charge in [-0.25, -0.2) is 0 Å². The Morgan fingerprint density at radius 3 is 2.11 bits per heavy atom. The van der Waals surface area contributed by atoms with Crippen molar-refractivity contribution < 1.29 is 13.0 Å². The minimum atomic E-state index is -4.36. The van der Waals surface area contributed by atoms with E-state index >= 15 is 0 Å². The van der Waals surface area contributed by atoms with Gasteiger partial charge >= 0.3 is 0 Å². The van der Waals surface area contributed by atoms with Gasteiger partial charge in [0, 0.05) is 21.2 Å². The van der Waals surface area contributed by atoms with Gasteiger partial charge in [-0.3, -0.25) is 4.55 Å². The fourth-order valence-electron chi connectivity index (χ4n) is 1.64. The Balaban J connectivity index is 2.84. The molecule has 0 aromatic heterocycles. The topological polar surface area (TPSA) is 54.4 Å². The Labute approximate surface area is 115 Å². The van der Waals surface area contributed by atoms with E-state index in [0.717, 1.165) is 0 Å². The van der Waals surface area contributed by atoms with Gasteiger partial charge in [-0.1, -0.05) is 47.5 Å². The highest BCUT2D eigenvalue weighted by molar-refractivity contribution is 7.86. The summed E-state index contributed by atoms with van der Waals surface area (Å²) in [5.74, 6) is 0. The van der Waals surface area contributed by atoms with E-state index < -0.39 is 10.1 Å². The third-order valence-electron chi connectivity index (χ3n) is 2.40. The zero-order valence-electron chi connectivity index (χ0n) is 8.97. The summed E-state index contributed by atoms with van der Waals surface area (Å²) in [6, 6.07) is 10.9. The molecule has 1 N–H and O–H groups in total. The zero-order valence-corrected chi connectivity index (χ0v) is 11.3. The first-order valence-corrected chi connectivity index (χ1v) is 7.12. The molecule has 0 atom stereocenters. The highest BCUT2D eigenvalue weighted by Gasteiger charge is 2.20. The molecule has 0 aliphatic rings. The van der Waals surface area contributed by atoms with E-state index in [4.69, 9.17) is 23.2 Å². The second kappa shape index (κ2) is 4.90. The minimum absolute atomic E-state index is 0.201. The van der Waals surface area contributed by atoms with Crippen LogP contribution in [-0.2, 0) is 10.1 Å². The van der Waals surface area contributed by atoms with E-state index in [1.807, 2.05) is 0 Å². The first kappa shape index (κ1) is 13.4. The lowest BCUT2D eigenvalue weighted by Gasteiger charge is -2.10. The molecule has 0 unspecified atom stereocenters. The van der Waals surface area contributed by atoms with Crippen LogP contribution in [0.15, 0.2) is 47.4 Å². The standard InChI is InChI=1S/C12H8Cl2O3S/c13-9-5-2-1-4-8(9)12-10(14)6-3-7-11(12)18(15,16)17/h1-7H,(H,15,16,17). The molecular formula is C12H8Cl2O3S. The third-order valence-corrected chi connectivity index (χ3v) is 3.94. The summed E-state index contributed by atoms with van der Waals surface area (Å²) in [5.41, 5.74) is 0.657. The first-order valence-electron chi connectivity index (χ1n) is 4.92. The summed E-state index contributed by atoms with van der Waals surface area (Å²) >= 11 is 12.0. The second-order valence-electron chi connectivity index (χ2n) is 3.57. The number of halogens is 2. The molecule has 94 valence electrons. The molecule has 2 rings (SSSR count). The predicted octanol–water partition coefficient (Wildman–Crippen LogP) is 3.91. The van der Waals surface area contributed by atoms with Crippen molar-refractivity contribution in [3.05, 3.63) is 52.5 Å². The molecule has 0 fully saturated rings. The summed E-state index contributed by atoms with van der Waals surface area (Å²) in [6.45, 7) is 0. The summed E-state index contributed by atoms with van der Waals surface area (Å²) in [6.07, 6.45) is 0. The molecule has 18 heavy (non-hydrogen) atoms. The van der Waals surface area contributed by atoms with Gasteiger partial charge in [0.2, 0.25) is 0 Å². The molecular weight excluding hydrogens is 295 g/mol. The van der Waals surface area contributed by atoms with Crippen LogP contribution in [0.3, 0.4) is 0 Å². The van der Waals surface area contributed by atoms with Crippen molar-refractivity contribution in [2.75, 3.05) is 0 Å². The van der Waals surface area contributed by atoms with E-state index in [1.165, 1.54) is 18.2 Å². The molecule has 0 amide bonds. The summed E-state index contributed by atoms with van der Waals surface area (Å²) < 4.78 is 31.9. The van der Waals surface area contributed by atoms with Gasteiger partial charge in [-0.05, 0) is 18.2 Å². The minimum Gasteiger partial charge on any atom is -0.282 e. The Kier molecular flexibility index (Phi) is 3.64. The van der Waals surface area contributed by atoms with Crippen molar-refractivity contribution in [2.24, 2.45) is 0 Å². The van der Waals surface area contributed by atoms with Crippen LogP contribution in [0.5, 0.6) is 0 Å². The van der Waals surface area contributed by atoms with Gasteiger partial charge in [0.15, 0.2) is 0 Å². The largest absolute Gasteiger partial charge is 0.295 e. The lowest BCUT2D eigenvalue weighted by atomic mass is 10.1. The maximum Gasteiger partial charge on any atom is 0.295 e. The van der Waals surface area contributed by atoms with Gasteiger partial charge < -0.3 is 0 Å². The lowest BCUT2D eigenvalue weighted by molar-refractivity contribution is 0.483. The van der Waals surface area contributed by atoms with Crippen LogP contribution in [0.4, 0.5) is 0 Å². The van der Waals surface area contributed by atoms with Crippen molar-refractivity contribution in [2.45, 2.75) is 4.90 Å². The first-order chi connectivity index (χ1) is 8.41. The van der Waals surface area contributed by atoms with Crippen molar-refractivity contribution in [3.63, 3.8) is 0 Å². The Hall–Kier alpha value is -1.07. The van der Waals surface area contributed by atoms with Gasteiger partial charge in [0.1, 0.15) is 4.90 Å². The van der Waals surface area contributed by atoms with Crippen molar-refractivity contribution >= 4 is 33.3 Å². The summed E-state index contributed by atoms with van der Waals surface area (Å²) in [4.78, 5) is -0.261. The van der Waals surface area contributed by atoms with Gasteiger partial charge in [0.25, 0.3) is 10.1 Å². The quantitative estimate of drug-likeness (QED) is 0.856. The molecule has 0 saturated heterocycles. The molecule has 0 radical (unpaired) electrons. The number of benzene rings is 2. The zero-order chi connectivity index (χ0) is 13.3. The van der Waals surface area contributed by atoms with E-state index in [-0.39, 0.29) is 15.5 Å². The number of hydrogen-bond donors (Lipinski definition) is 1. The Morgan fingerprint density at radius 1 is 0.889 bits per heavy atom. The maximum atomic E-state index is 11.3. The molecule has 0 aliphatic heterocycles. The summed E-state index contributed by atoms with van der Waals surface area (Å²) in [5, 5.41) is 0.564. The molecule has 0 bridgehead atoms. The van der Waals surface area contributed by atoms with Crippen molar-refractivity contribution in [3.8, 4) is 11.1 Å². The molecule has 6 heteroatoms. The average molecular weight is 303 g/mol. The van der Waals surface area contributed by atoms with Gasteiger partial charge in [-0.2, -0.15) is 8.42 Å². The molecule has 0 aliphatic carbocycles. The fraction of sp³-hybridized carbons (Fsp3) is 0. The van der Waals surface area contributed by atoms with E-state index in [9.17, 15) is 13.0 Å². The molecule has 2 aromatic rings. The van der Waals surface area contributed by atoms with E-state index in [2.05, 4.69) is 0 Å². The fourth-order valence-corrected chi connectivity index (χ4v) is 2.94. The summed E-state index contributed by atoms with van der Waals surface area (Å²) in [7, 11) is -4.36. The normalized spacial score (nSPS) is 11.5. The molecule has 2 aromatic carbocycles. The van der Waals surface area contributed by atoms with Crippen LogP contribution in [0, 0.1) is 0 Å². The predicted molar refractivity (Wildman–Crippen MR) is 71.7 cm³/mol. The number of rotatable bonds is 2. The highest BCUT2D eigenvalue weighted by Crippen LogP contribution is 2.37. The third kappa shape index (κ3) is 2.52. The monoisotopic (exact) mass is 302 g/mol. The highest BCUT2D eigenvalue weighted by atomic mass is 35.5. The van der Waals surface area contributed by atoms with Gasteiger partial charge in [0.05, 0.1) is 0 Å². The van der Waals surface area contributed by atoms with Crippen LogP contribution in [0.1, 0.15) is 0 Å². The maximum absolute atomic E-state index is 11.3. The molecule has 0 heterocycles. The van der Waals surface area contributed by atoms with Crippen LogP contribution < -0.4 is 0 Å². The van der Waals surface area contributed by atoms with Crippen molar-refractivity contribution in [1.29, 1.82) is 0 Å². The Morgan fingerprint density at radius 2 is 1.50 bits per heavy atom. The van der Waals surface area contributed by atoms with Crippen molar-refractivity contribution in [1.82, 2.24) is 0 Å². The second-order valence-corrected chi connectivity index (χ2v) is 5.77. The molecule has 0 spiro atoms. The van der Waals surface area contributed by atoms with Crippen LogP contribution in [0.2, 0.25) is 10.0 Å². The van der Waals surface area contributed by atoms with E-state index in [0.29, 0.717) is 10.6 Å². The Bertz CT molecular complexity index is 696. The molecule has 0 saturated carbocycles. The van der Waals surface area contributed by atoms with Crippen LogP contribution in [-0.4, -0.2) is 13.0 Å². The average Bonchev–Trinajstić information content (AvgIpc) is 2.29. The van der Waals surface area contributed by atoms with E-state index in [1.54, 1.807) is 24.3 Å².